The molecule has 1 heterocycles. The van der Waals surface area contributed by atoms with Gasteiger partial charge in [-0.1, -0.05) is 0 Å². The highest BCUT2D eigenvalue weighted by Gasteiger charge is 2.25. The Bertz CT molecular complexity index is 490. The Hall–Kier alpha value is -0.780. The average Bonchev–Trinajstić information content (AvgIpc) is 2.53. The largest absolute Gasteiger partial charge is 0.497 e. The molecular formula is C15H19BrClNO3. The summed E-state index contributed by atoms with van der Waals surface area (Å²) >= 11 is 9.05. The minimum atomic E-state index is 0.0246. The Morgan fingerprint density at radius 1 is 1.43 bits per heavy atom. The second-order valence-corrected chi connectivity index (χ2v) is 6.13. The molecule has 0 N–H and O–H groups in total. The van der Waals surface area contributed by atoms with E-state index in [9.17, 15) is 4.79 Å². The number of likely N-dealkylation sites (tertiary alicyclic amines) is 1. The van der Waals surface area contributed by atoms with Crippen molar-refractivity contribution in [3.05, 3.63) is 28.2 Å². The van der Waals surface area contributed by atoms with Gasteiger partial charge in [-0.2, -0.15) is 0 Å². The van der Waals surface area contributed by atoms with Crippen molar-refractivity contribution >= 4 is 33.4 Å². The summed E-state index contributed by atoms with van der Waals surface area (Å²) in [6.07, 6.45) is 1.91. The molecule has 1 aromatic rings. The summed E-state index contributed by atoms with van der Waals surface area (Å²) in [5.74, 6) is 1.22. The lowest BCUT2D eigenvalue weighted by molar-refractivity contribution is 0.0153. The van der Waals surface area contributed by atoms with Crippen LogP contribution in [0.1, 0.15) is 23.2 Å². The molecule has 1 aliphatic rings. The third-order valence-electron chi connectivity index (χ3n) is 3.56. The number of alkyl halides is 1. The number of carbonyl (C=O) groups is 1. The Balaban J connectivity index is 1.98. The number of methoxy groups -OCH3 is 1. The molecule has 0 spiro atoms. The molecule has 21 heavy (non-hydrogen) atoms. The maximum atomic E-state index is 12.6. The van der Waals surface area contributed by atoms with Gasteiger partial charge in [-0.15, -0.1) is 11.6 Å². The first-order valence-corrected chi connectivity index (χ1v) is 8.29. The molecule has 1 amide bonds. The summed E-state index contributed by atoms with van der Waals surface area (Å²) in [5, 5.41) is 0. The van der Waals surface area contributed by atoms with Crippen molar-refractivity contribution in [2.45, 2.75) is 18.9 Å². The van der Waals surface area contributed by atoms with Crippen LogP contribution in [0.4, 0.5) is 0 Å². The SMILES string of the molecule is COc1ccc(Br)c(C(=O)N2CCC(OCCCl)CC2)c1. The quantitative estimate of drug-likeness (QED) is 0.740. The van der Waals surface area contributed by atoms with Crippen LogP contribution in [0.5, 0.6) is 5.75 Å². The minimum Gasteiger partial charge on any atom is -0.497 e. The van der Waals surface area contributed by atoms with Crippen molar-refractivity contribution in [1.29, 1.82) is 0 Å². The van der Waals surface area contributed by atoms with Gasteiger partial charge in [0, 0.05) is 23.4 Å². The summed E-state index contributed by atoms with van der Waals surface area (Å²) < 4.78 is 11.6. The number of piperidine rings is 1. The number of hydrogen-bond donors (Lipinski definition) is 0. The molecule has 1 aromatic carbocycles. The summed E-state index contributed by atoms with van der Waals surface area (Å²) in [6, 6.07) is 5.43. The Kier molecular flexibility index (Phi) is 6.33. The first-order chi connectivity index (χ1) is 10.2. The zero-order valence-electron chi connectivity index (χ0n) is 12.0. The van der Waals surface area contributed by atoms with Gasteiger partial charge in [0.2, 0.25) is 0 Å². The van der Waals surface area contributed by atoms with Gasteiger partial charge in [0.25, 0.3) is 5.91 Å². The number of benzene rings is 1. The van der Waals surface area contributed by atoms with Crippen LogP contribution in [0.3, 0.4) is 0 Å². The highest BCUT2D eigenvalue weighted by atomic mass is 79.9. The predicted octanol–water partition coefficient (Wildman–Crippen LogP) is 3.32. The molecular weight excluding hydrogens is 358 g/mol. The van der Waals surface area contributed by atoms with Crippen molar-refractivity contribution in [2.75, 3.05) is 32.7 Å². The normalized spacial score (nSPS) is 16.0. The summed E-state index contributed by atoms with van der Waals surface area (Å²) in [4.78, 5) is 14.4. The number of amides is 1. The van der Waals surface area contributed by atoms with E-state index in [1.54, 1.807) is 13.2 Å². The number of halogens is 2. The third kappa shape index (κ3) is 4.34. The average molecular weight is 377 g/mol. The highest BCUT2D eigenvalue weighted by molar-refractivity contribution is 9.10. The second kappa shape index (κ2) is 8.01. The lowest BCUT2D eigenvalue weighted by Crippen LogP contribution is -2.41. The van der Waals surface area contributed by atoms with Gasteiger partial charge in [0.05, 0.1) is 25.4 Å². The fourth-order valence-electron chi connectivity index (χ4n) is 2.40. The van der Waals surface area contributed by atoms with Crippen LogP contribution >= 0.6 is 27.5 Å². The van der Waals surface area contributed by atoms with Crippen molar-refractivity contribution in [3.63, 3.8) is 0 Å². The van der Waals surface area contributed by atoms with E-state index in [-0.39, 0.29) is 12.0 Å². The van der Waals surface area contributed by atoms with E-state index in [2.05, 4.69) is 15.9 Å². The molecule has 0 unspecified atom stereocenters. The van der Waals surface area contributed by atoms with E-state index in [1.165, 1.54) is 0 Å². The highest BCUT2D eigenvalue weighted by Crippen LogP contribution is 2.25. The molecule has 0 atom stereocenters. The molecule has 6 heteroatoms. The minimum absolute atomic E-state index is 0.0246. The van der Waals surface area contributed by atoms with Crippen molar-refractivity contribution in [2.24, 2.45) is 0 Å². The van der Waals surface area contributed by atoms with E-state index in [0.29, 0.717) is 36.9 Å². The van der Waals surface area contributed by atoms with Gasteiger partial charge >= 0.3 is 0 Å². The van der Waals surface area contributed by atoms with Crippen LogP contribution in [0.2, 0.25) is 0 Å². The van der Waals surface area contributed by atoms with Crippen molar-refractivity contribution in [1.82, 2.24) is 4.90 Å². The van der Waals surface area contributed by atoms with E-state index >= 15 is 0 Å². The third-order valence-corrected chi connectivity index (χ3v) is 4.41. The van der Waals surface area contributed by atoms with Crippen LogP contribution in [0, 0.1) is 0 Å². The molecule has 0 saturated carbocycles. The Morgan fingerprint density at radius 3 is 2.76 bits per heavy atom. The second-order valence-electron chi connectivity index (χ2n) is 4.90. The number of nitrogens with zero attached hydrogens (tertiary/aromatic N) is 1. The molecule has 2 rings (SSSR count). The van der Waals surface area contributed by atoms with Crippen LogP contribution in [-0.2, 0) is 4.74 Å². The van der Waals surface area contributed by atoms with Gasteiger partial charge in [0.1, 0.15) is 5.75 Å². The summed E-state index contributed by atoms with van der Waals surface area (Å²) in [6.45, 7) is 1.98. The topological polar surface area (TPSA) is 38.8 Å². The number of hydrogen-bond acceptors (Lipinski definition) is 3. The molecule has 116 valence electrons. The number of ether oxygens (including phenoxy) is 2. The van der Waals surface area contributed by atoms with Gasteiger partial charge < -0.3 is 14.4 Å². The zero-order valence-corrected chi connectivity index (χ0v) is 14.3. The molecule has 1 fully saturated rings. The van der Waals surface area contributed by atoms with E-state index in [4.69, 9.17) is 21.1 Å². The molecule has 0 radical (unpaired) electrons. The number of carbonyl (C=O) groups excluding carboxylic acids is 1. The molecule has 1 aliphatic heterocycles. The van der Waals surface area contributed by atoms with Crippen molar-refractivity contribution in [3.8, 4) is 5.75 Å². The molecule has 0 aromatic heterocycles. The maximum Gasteiger partial charge on any atom is 0.255 e. The Labute approximate surface area is 138 Å². The summed E-state index contributed by atoms with van der Waals surface area (Å²) in [7, 11) is 1.59. The van der Waals surface area contributed by atoms with Crippen molar-refractivity contribution < 1.29 is 14.3 Å². The van der Waals surface area contributed by atoms with Crippen LogP contribution < -0.4 is 4.74 Å². The number of rotatable bonds is 5. The van der Waals surface area contributed by atoms with Gasteiger partial charge in [0.15, 0.2) is 0 Å². The van der Waals surface area contributed by atoms with E-state index in [1.807, 2.05) is 17.0 Å². The summed E-state index contributed by atoms with van der Waals surface area (Å²) in [5.41, 5.74) is 0.634. The van der Waals surface area contributed by atoms with E-state index in [0.717, 1.165) is 17.3 Å². The molecule has 4 nitrogen and oxygen atoms in total. The lowest BCUT2D eigenvalue weighted by atomic mass is 10.1. The molecule has 1 saturated heterocycles. The fourth-order valence-corrected chi connectivity index (χ4v) is 2.91. The van der Waals surface area contributed by atoms with Crippen LogP contribution in [0.15, 0.2) is 22.7 Å². The molecule has 0 aliphatic carbocycles. The Morgan fingerprint density at radius 2 is 2.14 bits per heavy atom. The van der Waals surface area contributed by atoms with Crippen LogP contribution in [-0.4, -0.2) is 49.6 Å². The van der Waals surface area contributed by atoms with Crippen LogP contribution in [0.25, 0.3) is 0 Å². The van der Waals surface area contributed by atoms with Gasteiger partial charge in [-0.25, -0.2) is 0 Å². The van der Waals surface area contributed by atoms with Gasteiger partial charge in [-0.3, -0.25) is 4.79 Å². The van der Waals surface area contributed by atoms with E-state index < -0.39 is 0 Å². The first kappa shape index (κ1) is 16.6. The fraction of sp³-hybridized carbons (Fsp3) is 0.533. The maximum absolute atomic E-state index is 12.6. The predicted molar refractivity (Wildman–Crippen MR) is 86.3 cm³/mol. The smallest absolute Gasteiger partial charge is 0.255 e. The lowest BCUT2D eigenvalue weighted by Gasteiger charge is -2.32. The molecule has 0 bridgehead atoms. The first-order valence-electron chi connectivity index (χ1n) is 6.96. The van der Waals surface area contributed by atoms with Gasteiger partial charge in [-0.05, 0) is 47.0 Å². The monoisotopic (exact) mass is 375 g/mol. The standard InChI is InChI=1S/C15H19BrClNO3/c1-20-12-2-3-14(16)13(10-12)15(19)18-7-4-11(5-8-18)21-9-6-17/h2-3,10-11H,4-9H2,1H3. The zero-order chi connectivity index (χ0) is 15.2.